The van der Waals surface area contributed by atoms with E-state index in [0.29, 0.717) is 34.4 Å². The lowest BCUT2D eigenvalue weighted by atomic mass is 10.1. The average molecular weight is 502 g/mol. The smallest absolute Gasteiger partial charge is 0.330 e. The summed E-state index contributed by atoms with van der Waals surface area (Å²) in [5, 5.41) is 13.3. The number of aryl methyl sites for hydroxylation is 1. The van der Waals surface area contributed by atoms with Gasteiger partial charge in [-0.25, -0.2) is 14.2 Å². The number of benzene rings is 2. The molecule has 11 nitrogen and oxygen atoms in total. The van der Waals surface area contributed by atoms with Crippen molar-refractivity contribution in [1.29, 1.82) is 0 Å². The second-order valence-corrected chi connectivity index (χ2v) is 8.57. The summed E-state index contributed by atoms with van der Waals surface area (Å²) in [5.41, 5.74) is 3.97. The monoisotopic (exact) mass is 501 g/mol. The van der Waals surface area contributed by atoms with Gasteiger partial charge in [0.1, 0.15) is 25.1 Å². The number of nitrogens with zero attached hydrogens (tertiary/aromatic N) is 7. The molecule has 0 bridgehead atoms. The zero-order valence-corrected chi connectivity index (χ0v) is 20.4. The molecule has 188 valence electrons. The number of halogens is 1. The van der Waals surface area contributed by atoms with Crippen molar-refractivity contribution >= 4 is 35.1 Å². The quantitative estimate of drug-likeness (QED) is 0.413. The minimum Gasteiger partial charge on any atom is -0.357 e. The van der Waals surface area contributed by atoms with Crippen molar-refractivity contribution in [2.45, 2.75) is 20.1 Å². The van der Waals surface area contributed by atoms with Crippen LogP contribution in [-0.4, -0.2) is 50.8 Å². The molecule has 37 heavy (non-hydrogen) atoms. The highest BCUT2D eigenvalue weighted by atomic mass is 19.1. The van der Waals surface area contributed by atoms with E-state index in [0.717, 1.165) is 11.1 Å². The Hall–Kier alpha value is -4.87. The number of carbonyl (C=O) groups is 2. The second kappa shape index (κ2) is 9.64. The summed E-state index contributed by atoms with van der Waals surface area (Å²) in [5.74, 6) is 0.552. The molecule has 0 spiro atoms. The Morgan fingerprint density at radius 3 is 2.65 bits per heavy atom. The van der Waals surface area contributed by atoms with Gasteiger partial charge in [0, 0.05) is 42.8 Å². The minimum absolute atomic E-state index is 0.256. The van der Waals surface area contributed by atoms with Gasteiger partial charge in [-0.2, -0.15) is 4.98 Å². The second-order valence-electron chi connectivity index (χ2n) is 8.57. The van der Waals surface area contributed by atoms with E-state index in [4.69, 9.17) is 0 Å². The molecular weight excluding hydrogens is 477 g/mol. The largest absolute Gasteiger partial charge is 0.357 e. The molecule has 2 aromatic carbocycles. The molecule has 0 aliphatic carbocycles. The molecule has 0 saturated carbocycles. The third kappa shape index (κ3) is 4.56. The number of anilines is 4. The molecule has 1 aliphatic heterocycles. The summed E-state index contributed by atoms with van der Waals surface area (Å²) in [6.45, 7) is 1.44. The molecule has 0 radical (unpaired) electrons. The predicted molar refractivity (Wildman–Crippen MR) is 137 cm³/mol. The number of amides is 3. The molecule has 3 heterocycles. The molecule has 0 fully saturated rings. The maximum atomic E-state index is 13.5. The molecule has 1 aliphatic rings. The van der Waals surface area contributed by atoms with Gasteiger partial charge in [0.25, 0.3) is 5.91 Å². The van der Waals surface area contributed by atoms with Gasteiger partial charge in [-0.05, 0) is 48.4 Å². The molecule has 2 aromatic heterocycles. The Balaban J connectivity index is 1.43. The van der Waals surface area contributed by atoms with Gasteiger partial charge in [0.05, 0.1) is 12.2 Å². The van der Waals surface area contributed by atoms with E-state index < -0.39 is 12.6 Å². The fourth-order valence-corrected chi connectivity index (χ4v) is 4.16. The van der Waals surface area contributed by atoms with E-state index in [1.165, 1.54) is 23.6 Å². The molecule has 0 saturated heterocycles. The first-order valence-corrected chi connectivity index (χ1v) is 11.4. The summed E-state index contributed by atoms with van der Waals surface area (Å²) >= 11 is 0. The van der Waals surface area contributed by atoms with E-state index in [-0.39, 0.29) is 18.1 Å². The lowest BCUT2D eigenvalue weighted by Crippen LogP contribution is -2.46. The van der Waals surface area contributed by atoms with Gasteiger partial charge in [0.2, 0.25) is 5.95 Å². The number of hydrogen-bond acceptors (Lipinski definition) is 7. The molecule has 0 unspecified atom stereocenters. The van der Waals surface area contributed by atoms with Gasteiger partial charge in [0.15, 0.2) is 0 Å². The number of nitrogens with one attached hydrogen (secondary N) is 2. The maximum absolute atomic E-state index is 13.5. The lowest BCUT2D eigenvalue weighted by molar-refractivity contribution is 0.102. The fraction of sp³-hybridized carbons (Fsp3) is 0.200. The van der Waals surface area contributed by atoms with Crippen LogP contribution in [0.3, 0.4) is 0 Å². The Bertz CT molecular complexity index is 1490. The van der Waals surface area contributed by atoms with Crippen LogP contribution < -0.4 is 20.4 Å². The van der Waals surface area contributed by atoms with Gasteiger partial charge in [-0.1, -0.05) is 6.07 Å². The molecule has 2 N–H and O–H groups in total. The van der Waals surface area contributed by atoms with Crippen LogP contribution in [0.1, 0.15) is 27.0 Å². The molecular formula is C25H24FN9O2. The van der Waals surface area contributed by atoms with E-state index in [1.807, 2.05) is 13.0 Å². The first-order chi connectivity index (χ1) is 17.9. The number of urea groups is 1. The van der Waals surface area contributed by atoms with Crippen LogP contribution in [0.15, 0.2) is 55.2 Å². The van der Waals surface area contributed by atoms with Gasteiger partial charge >= 0.3 is 6.03 Å². The van der Waals surface area contributed by atoms with Crippen molar-refractivity contribution in [2.75, 3.05) is 34.5 Å². The highest BCUT2D eigenvalue weighted by molar-refractivity contribution is 6.07. The number of hydrogen-bond donors (Lipinski definition) is 2. The Morgan fingerprint density at radius 1 is 1.14 bits per heavy atom. The third-order valence-electron chi connectivity index (χ3n) is 6.10. The number of rotatable bonds is 6. The van der Waals surface area contributed by atoms with Gasteiger partial charge in [-0.15, -0.1) is 10.2 Å². The van der Waals surface area contributed by atoms with Crippen molar-refractivity contribution in [1.82, 2.24) is 24.7 Å². The predicted octanol–water partition coefficient (Wildman–Crippen LogP) is 3.71. The van der Waals surface area contributed by atoms with Crippen LogP contribution in [0, 0.1) is 6.92 Å². The first-order valence-electron chi connectivity index (χ1n) is 11.4. The molecule has 12 heteroatoms. The normalized spacial score (nSPS) is 12.9. The van der Waals surface area contributed by atoms with Crippen LogP contribution >= 0.6 is 0 Å². The molecule has 3 amide bonds. The van der Waals surface area contributed by atoms with E-state index in [1.54, 1.807) is 54.0 Å². The van der Waals surface area contributed by atoms with Crippen molar-refractivity contribution < 1.29 is 14.0 Å². The van der Waals surface area contributed by atoms with Gasteiger partial charge < -0.3 is 10.6 Å². The standard InChI is InChI=1S/C25H24FN9O2/c1-15-4-5-19(31-23(36)17-6-16(10-26)7-20(8-17)34-13-29-30-14-34)9-21(15)35-12-18-11-28-24(27-2)32-22(18)33(3)25(35)37/h4-9,11,13-14H,10,12H2,1-3H3,(H,31,36)(H,27,28,32). The van der Waals surface area contributed by atoms with Crippen molar-refractivity contribution in [3.8, 4) is 5.69 Å². The van der Waals surface area contributed by atoms with Crippen LogP contribution in [0.5, 0.6) is 0 Å². The van der Waals surface area contributed by atoms with Crippen LogP contribution in [0.4, 0.5) is 32.3 Å². The maximum Gasteiger partial charge on any atom is 0.330 e. The van der Waals surface area contributed by atoms with Crippen LogP contribution in [0.2, 0.25) is 0 Å². The average Bonchev–Trinajstić information content (AvgIpc) is 3.46. The molecule has 5 rings (SSSR count). The summed E-state index contributed by atoms with van der Waals surface area (Å²) in [6, 6.07) is 9.83. The van der Waals surface area contributed by atoms with E-state index in [9.17, 15) is 14.0 Å². The van der Waals surface area contributed by atoms with E-state index >= 15 is 0 Å². The molecule has 0 atom stereocenters. The van der Waals surface area contributed by atoms with Gasteiger partial charge in [-0.3, -0.25) is 19.2 Å². The topological polar surface area (TPSA) is 121 Å². The number of alkyl halides is 1. The summed E-state index contributed by atoms with van der Waals surface area (Å²) in [4.78, 5) is 38.1. The van der Waals surface area contributed by atoms with Crippen LogP contribution in [-0.2, 0) is 13.2 Å². The number of aromatic nitrogens is 5. The molecule has 4 aromatic rings. The SMILES string of the molecule is CNc1ncc2c(n1)N(C)C(=O)N(c1cc(NC(=O)c3cc(CF)cc(-n4cnnc4)c3)ccc1C)C2. The van der Waals surface area contributed by atoms with Crippen LogP contribution in [0.25, 0.3) is 5.69 Å². The van der Waals surface area contributed by atoms with Crippen molar-refractivity contribution in [2.24, 2.45) is 0 Å². The Morgan fingerprint density at radius 2 is 1.92 bits per heavy atom. The summed E-state index contributed by atoms with van der Waals surface area (Å²) in [7, 11) is 3.37. The third-order valence-corrected chi connectivity index (χ3v) is 6.10. The first kappa shape index (κ1) is 23.9. The Kier molecular flexibility index (Phi) is 6.22. The highest BCUT2D eigenvalue weighted by Crippen LogP contribution is 2.33. The highest BCUT2D eigenvalue weighted by Gasteiger charge is 2.31. The lowest BCUT2D eigenvalue weighted by Gasteiger charge is -2.35. The minimum atomic E-state index is -0.726. The number of fused-ring (bicyclic) bond motifs is 1. The zero-order valence-electron chi connectivity index (χ0n) is 20.4. The van der Waals surface area contributed by atoms with Crippen molar-refractivity contribution in [3.05, 3.63) is 77.5 Å². The number of carbonyl (C=O) groups excluding carboxylic acids is 2. The summed E-state index contributed by atoms with van der Waals surface area (Å²) in [6.07, 6.45) is 4.64. The summed E-state index contributed by atoms with van der Waals surface area (Å²) < 4.78 is 15.1. The Labute approximate surface area is 212 Å². The van der Waals surface area contributed by atoms with E-state index in [2.05, 4.69) is 30.8 Å². The van der Waals surface area contributed by atoms with Crippen molar-refractivity contribution in [3.63, 3.8) is 0 Å². The fourth-order valence-electron chi connectivity index (χ4n) is 4.16. The zero-order chi connectivity index (χ0) is 26.1.